The van der Waals surface area contributed by atoms with Crippen LogP contribution in [0.3, 0.4) is 0 Å². The van der Waals surface area contributed by atoms with Crippen LogP contribution in [0.15, 0.2) is 0 Å². The number of nitrogens with zero attached hydrogens (tertiary/aromatic N) is 1. The van der Waals surface area contributed by atoms with Crippen LogP contribution in [0.1, 0.15) is 52.4 Å². The fourth-order valence-electron chi connectivity index (χ4n) is 1.92. The molecule has 0 radical (unpaired) electrons. The fourth-order valence-corrected chi connectivity index (χ4v) is 1.92. The van der Waals surface area contributed by atoms with Crippen molar-refractivity contribution in [2.24, 2.45) is 0 Å². The third-order valence-corrected chi connectivity index (χ3v) is 2.81. The molecule has 140 valence electrons. The van der Waals surface area contributed by atoms with Crippen LogP contribution < -0.4 is 4.74 Å². The molecule has 1 aromatic rings. The number of carbonyl (C=O) groups is 2. The van der Waals surface area contributed by atoms with Gasteiger partial charge in [-0.2, -0.15) is 13.2 Å². The first-order chi connectivity index (χ1) is 11.6. The molecule has 0 aromatic carbocycles. The SMILES string of the molecule is CCOC(=O)c1c(C(F)(F)F)nc(C(F)F)c(C(=O)OC)c1OCC. The maximum atomic E-state index is 13.2. The highest BCUT2D eigenvalue weighted by atomic mass is 19.4. The van der Waals surface area contributed by atoms with E-state index >= 15 is 0 Å². The second-order valence-corrected chi connectivity index (χ2v) is 4.37. The molecule has 0 bridgehead atoms. The Hall–Kier alpha value is -2.46. The van der Waals surface area contributed by atoms with Crippen LogP contribution in [0.25, 0.3) is 0 Å². The summed E-state index contributed by atoms with van der Waals surface area (Å²) in [6, 6.07) is 0. The van der Waals surface area contributed by atoms with Gasteiger partial charge in [-0.25, -0.2) is 23.4 Å². The Morgan fingerprint density at radius 2 is 1.68 bits per heavy atom. The van der Waals surface area contributed by atoms with Crippen molar-refractivity contribution in [3.8, 4) is 5.75 Å². The third kappa shape index (κ3) is 4.34. The molecule has 0 spiro atoms. The molecule has 0 saturated carbocycles. The van der Waals surface area contributed by atoms with Crippen LogP contribution in [-0.4, -0.2) is 37.2 Å². The van der Waals surface area contributed by atoms with Gasteiger partial charge in [-0.15, -0.1) is 0 Å². The highest BCUT2D eigenvalue weighted by Gasteiger charge is 2.44. The fraction of sp³-hybridized carbons (Fsp3) is 0.500. The van der Waals surface area contributed by atoms with E-state index in [2.05, 4.69) is 14.5 Å². The van der Waals surface area contributed by atoms with E-state index in [9.17, 15) is 31.5 Å². The molecule has 0 aliphatic carbocycles. The smallest absolute Gasteiger partial charge is 0.434 e. The molecule has 0 atom stereocenters. The summed E-state index contributed by atoms with van der Waals surface area (Å²) in [6.07, 6.45) is -8.82. The van der Waals surface area contributed by atoms with Crippen LogP contribution in [0.2, 0.25) is 0 Å². The van der Waals surface area contributed by atoms with Crippen molar-refractivity contribution in [2.75, 3.05) is 20.3 Å². The zero-order valence-corrected chi connectivity index (χ0v) is 13.4. The minimum absolute atomic E-state index is 0.300. The molecule has 0 saturated heterocycles. The summed E-state index contributed by atoms with van der Waals surface area (Å²) in [6.45, 7) is 2.03. The molecule has 0 N–H and O–H groups in total. The number of hydrogen-bond donors (Lipinski definition) is 0. The van der Waals surface area contributed by atoms with E-state index in [1.165, 1.54) is 13.8 Å². The second kappa shape index (κ2) is 8.08. The van der Waals surface area contributed by atoms with Crippen LogP contribution in [0, 0.1) is 0 Å². The Morgan fingerprint density at radius 3 is 2.08 bits per heavy atom. The number of carbonyl (C=O) groups excluding carboxylic acids is 2. The Morgan fingerprint density at radius 1 is 1.08 bits per heavy atom. The minimum atomic E-state index is -5.27. The van der Waals surface area contributed by atoms with Crippen LogP contribution in [0.5, 0.6) is 5.75 Å². The van der Waals surface area contributed by atoms with Crippen molar-refractivity contribution in [1.29, 1.82) is 0 Å². The molecule has 0 aliphatic rings. The number of aromatic nitrogens is 1. The standard InChI is InChI=1S/C14H14F5NO5/c1-4-24-9-6(12(21)23-3)8(11(15)16)20-10(14(17,18)19)7(9)13(22)25-5-2/h11H,4-5H2,1-3H3. The van der Waals surface area contributed by atoms with Gasteiger partial charge in [0.05, 0.1) is 20.3 Å². The highest BCUT2D eigenvalue weighted by Crippen LogP contribution is 2.40. The Balaban J connectivity index is 3.98. The van der Waals surface area contributed by atoms with Gasteiger partial charge in [0.25, 0.3) is 6.43 Å². The monoisotopic (exact) mass is 371 g/mol. The van der Waals surface area contributed by atoms with Crippen molar-refractivity contribution in [3.05, 3.63) is 22.5 Å². The average molecular weight is 371 g/mol. The third-order valence-electron chi connectivity index (χ3n) is 2.81. The molecule has 11 heteroatoms. The van der Waals surface area contributed by atoms with Crippen LogP contribution in [0.4, 0.5) is 22.0 Å². The Labute approximate surface area is 138 Å². The molecule has 1 heterocycles. The van der Waals surface area contributed by atoms with E-state index in [4.69, 9.17) is 4.74 Å². The maximum Gasteiger partial charge on any atom is 0.434 e. The minimum Gasteiger partial charge on any atom is -0.492 e. The summed E-state index contributed by atoms with van der Waals surface area (Å²) in [5, 5.41) is 0. The molecule has 0 unspecified atom stereocenters. The van der Waals surface area contributed by atoms with Crippen LogP contribution in [-0.2, 0) is 15.7 Å². The summed E-state index contributed by atoms with van der Waals surface area (Å²) in [7, 11) is 0.828. The van der Waals surface area contributed by atoms with E-state index in [0.717, 1.165) is 7.11 Å². The molecular formula is C14H14F5NO5. The molecule has 6 nitrogen and oxygen atoms in total. The summed E-state index contributed by atoms with van der Waals surface area (Å²) in [5.74, 6) is -3.95. The number of methoxy groups -OCH3 is 1. The van der Waals surface area contributed by atoms with Gasteiger partial charge in [0, 0.05) is 0 Å². The summed E-state index contributed by atoms with van der Waals surface area (Å²) < 4.78 is 79.8. The van der Waals surface area contributed by atoms with Gasteiger partial charge in [0.15, 0.2) is 11.4 Å². The number of hydrogen-bond acceptors (Lipinski definition) is 6. The first kappa shape index (κ1) is 20.6. The molecule has 1 aromatic heterocycles. The molecule has 0 aliphatic heterocycles. The van der Waals surface area contributed by atoms with Gasteiger partial charge in [-0.3, -0.25) is 0 Å². The maximum absolute atomic E-state index is 13.2. The van der Waals surface area contributed by atoms with Gasteiger partial charge in [0.1, 0.15) is 16.8 Å². The van der Waals surface area contributed by atoms with E-state index in [0.29, 0.717) is 0 Å². The number of rotatable bonds is 6. The largest absolute Gasteiger partial charge is 0.492 e. The summed E-state index contributed by atoms with van der Waals surface area (Å²) in [5.41, 5.74) is -5.76. The predicted octanol–water partition coefficient (Wildman–Crippen LogP) is 3.40. The topological polar surface area (TPSA) is 74.7 Å². The summed E-state index contributed by atoms with van der Waals surface area (Å²) in [4.78, 5) is 26.6. The number of alkyl halides is 5. The average Bonchev–Trinajstić information content (AvgIpc) is 2.52. The van der Waals surface area contributed by atoms with Gasteiger partial charge in [-0.1, -0.05) is 0 Å². The molecule has 0 fully saturated rings. The molecule has 25 heavy (non-hydrogen) atoms. The van der Waals surface area contributed by atoms with E-state index < -0.39 is 52.8 Å². The first-order valence-electron chi connectivity index (χ1n) is 6.91. The van der Waals surface area contributed by atoms with Crippen molar-refractivity contribution in [2.45, 2.75) is 26.4 Å². The lowest BCUT2D eigenvalue weighted by molar-refractivity contribution is -0.142. The lowest BCUT2D eigenvalue weighted by atomic mass is 10.0. The van der Waals surface area contributed by atoms with Crippen molar-refractivity contribution in [1.82, 2.24) is 4.98 Å². The van der Waals surface area contributed by atoms with Crippen molar-refractivity contribution >= 4 is 11.9 Å². The zero-order valence-electron chi connectivity index (χ0n) is 13.4. The number of esters is 2. The molecule has 0 amide bonds. The summed E-state index contributed by atoms with van der Waals surface area (Å²) >= 11 is 0. The van der Waals surface area contributed by atoms with Gasteiger partial charge in [-0.05, 0) is 13.8 Å². The molecule has 1 rings (SSSR count). The first-order valence-corrected chi connectivity index (χ1v) is 6.91. The van der Waals surface area contributed by atoms with Crippen molar-refractivity contribution < 1.29 is 45.8 Å². The number of pyridine rings is 1. The van der Waals surface area contributed by atoms with E-state index in [-0.39, 0.29) is 13.2 Å². The van der Waals surface area contributed by atoms with E-state index in [1.54, 1.807) is 0 Å². The number of ether oxygens (including phenoxy) is 3. The highest BCUT2D eigenvalue weighted by molar-refractivity contribution is 6.01. The zero-order chi connectivity index (χ0) is 19.4. The lowest BCUT2D eigenvalue weighted by Gasteiger charge is -2.20. The van der Waals surface area contributed by atoms with Crippen molar-refractivity contribution in [3.63, 3.8) is 0 Å². The van der Waals surface area contributed by atoms with E-state index in [1.807, 2.05) is 0 Å². The molecular weight excluding hydrogens is 357 g/mol. The Kier molecular flexibility index (Phi) is 6.65. The van der Waals surface area contributed by atoms with Gasteiger partial charge < -0.3 is 14.2 Å². The quantitative estimate of drug-likeness (QED) is 0.564. The second-order valence-electron chi connectivity index (χ2n) is 4.37. The number of halogens is 5. The lowest BCUT2D eigenvalue weighted by Crippen LogP contribution is -2.24. The van der Waals surface area contributed by atoms with Gasteiger partial charge >= 0.3 is 18.1 Å². The predicted molar refractivity (Wildman–Crippen MR) is 72.7 cm³/mol. The van der Waals surface area contributed by atoms with Gasteiger partial charge in [0.2, 0.25) is 0 Å². The van der Waals surface area contributed by atoms with Crippen LogP contribution >= 0.6 is 0 Å². The normalized spacial score (nSPS) is 11.4. The Bertz CT molecular complexity index is 660.